The van der Waals surface area contributed by atoms with Crippen LogP contribution in [0.2, 0.25) is 0 Å². The molecule has 0 saturated heterocycles. The Hall–Kier alpha value is -2.03. The highest BCUT2D eigenvalue weighted by Crippen LogP contribution is 2.24. The minimum Gasteiger partial charge on any atom is -0.494 e. The molecule has 24 heavy (non-hydrogen) atoms. The van der Waals surface area contributed by atoms with Gasteiger partial charge in [-0.15, -0.1) is 0 Å². The smallest absolute Gasteiger partial charge is 0.336 e. The molecule has 2 aromatic carbocycles. The maximum Gasteiger partial charge on any atom is 0.336 e. The third-order valence-electron chi connectivity index (χ3n) is 4.35. The van der Waals surface area contributed by atoms with E-state index in [9.17, 15) is 9.90 Å². The van der Waals surface area contributed by atoms with Crippen molar-refractivity contribution >= 4 is 16.7 Å². The Morgan fingerprint density at radius 3 is 2.38 bits per heavy atom. The normalized spacial score (nSPS) is 10.9. The summed E-state index contributed by atoms with van der Waals surface area (Å²) in [6.07, 6.45) is 10.3. The first-order valence-electron chi connectivity index (χ1n) is 9.11. The largest absolute Gasteiger partial charge is 0.494 e. The highest BCUT2D eigenvalue weighted by molar-refractivity contribution is 6.03. The first-order chi connectivity index (χ1) is 11.7. The Kier molecular flexibility index (Phi) is 7.60. The fourth-order valence-corrected chi connectivity index (χ4v) is 2.96. The third-order valence-corrected chi connectivity index (χ3v) is 4.35. The van der Waals surface area contributed by atoms with Crippen LogP contribution in [0.3, 0.4) is 0 Å². The van der Waals surface area contributed by atoms with E-state index >= 15 is 0 Å². The van der Waals surface area contributed by atoms with Crippen LogP contribution < -0.4 is 4.74 Å². The molecular weight excluding hydrogens is 300 g/mol. The van der Waals surface area contributed by atoms with Crippen molar-refractivity contribution in [1.82, 2.24) is 0 Å². The van der Waals surface area contributed by atoms with Crippen molar-refractivity contribution in [2.24, 2.45) is 0 Å². The quantitative estimate of drug-likeness (QED) is 0.510. The summed E-state index contributed by atoms with van der Waals surface area (Å²) < 4.78 is 5.81. The van der Waals surface area contributed by atoms with Gasteiger partial charge in [-0.05, 0) is 41.5 Å². The molecule has 2 rings (SSSR count). The molecule has 0 aliphatic heterocycles. The standard InChI is InChI=1S/C21H28O3/c1-2-3-4-5-6-7-8-9-15-24-18-13-14-19-17(16-18)11-10-12-20(19)21(22)23/h10-14,16H,2-9,15H2,1H3,(H,22,23). The third kappa shape index (κ3) is 5.55. The summed E-state index contributed by atoms with van der Waals surface area (Å²) in [6.45, 7) is 2.96. The molecule has 0 atom stereocenters. The minimum absolute atomic E-state index is 0.335. The van der Waals surface area contributed by atoms with E-state index in [1.54, 1.807) is 12.1 Å². The van der Waals surface area contributed by atoms with Gasteiger partial charge < -0.3 is 9.84 Å². The SMILES string of the molecule is CCCCCCCCCCOc1ccc2c(C(=O)O)cccc2c1. The van der Waals surface area contributed by atoms with E-state index in [1.165, 1.54) is 44.9 Å². The van der Waals surface area contributed by atoms with Crippen molar-refractivity contribution in [3.8, 4) is 5.75 Å². The number of hydrogen-bond donors (Lipinski definition) is 1. The fourth-order valence-electron chi connectivity index (χ4n) is 2.96. The van der Waals surface area contributed by atoms with Gasteiger partial charge in [0, 0.05) is 0 Å². The molecule has 0 amide bonds. The summed E-state index contributed by atoms with van der Waals surface area (Å²) in [5, 5.41) is 10.9. The lowest BCUT2D eigenvalue weighted by atomic mass is 10.0. The number of carboxylic acids is 1. The zero-order valence-corrected chi connectivity index (χ0v) is 14.6. The monoisotopic (exact) mass is 328 g/mol. The van der Waals surface area contributed by atoms with E-state index in [4.69, 9.17) is 4.74 Å². The summed E-state index contributed by atoms with van der Waals surface area (Å²) in [5.74, 6) is -0.0822. The minimum atomic E-state index is -0.895. The molecule has 0 unspecified atom stereocenters. The number of benzene rings is 2. The van der Waals surface area contributed by atoms with Crippen molar-refractivity contribution in [2.75, 3.05) is 6.61 Å². The molecule has 130 valence electrons. The van der Waals surface area contributed by atoms with Gasteiger partial charge in [0.15, 0.2) is 0 Å². The second-order valence-electron chi connectivity index (χ2n) is 6.32. The molecule has 0 radical (unpaired) electrons. The molecule has 0 bridgehead atoms. The Balaban J connectivity index is 1.75. The predicted octanol–water partition coefficient (Wildman–Crippen LogP) is 6.06. The van der Waals surface area contributed by atoms with Crippen LogP contribution in [0.5, 0.6) is 5.75 Å². The van der Waals surface area contributed by atoms with Crippen molar-refractivity contribution in [3.05, 3.63) is 42.0 Å². The van der Waals surface area contributed by atoms with Crippen LogP contribution in [0.4, 0.5) is 0 Å². The maximum absolute atomic E-state index is 11.2. The molecule has 1 N–H and O–H groups in total. The molecule has 3 heteroatoms. The lowest BCUT2D eigenvalue weighted by Gasteiger charge is -2.08. The Labute approximate surface area is 144 Å². The van der Waals surface area contributed by atoms with Gasteiger partial charge in [0.05, 0.1) is 12.2 Å². The lowest BCUT2D eigenvalue weighted by Crippen LogP contribution is -1.99. The average molecular weight is 328 g/mol. The van der Waals surface area contributed by atoms with Crippen molar-refractivity contribution in [1.29, 1.82) is 0 Å². The van der Waals surface area contributed by atoms with Gasteiger partial charge in [0.1, 0.15) is 5.75 Å². The van der Waals surface area contributed by atoms with Crippen LogP contribution in [0.1, 0.15) is 68.6 Å². The summed E-state index contributed by atoms with van der Waals surface area (Å²) in [7, 11) is 0. The van der Waals surface area contributed by atoms with Gasteiger partial charge >= 0.3 is 5.97 Å². The Morgan fingerprint density at radius 2 is 1.67 bits per heavy atom. The molecule has 0 spiro atoms. The van der Waals surface area contributed by atoms with Crippen LogP contribution >= 0.6 is 0 Å². The van der Waals surface area contributed by atoms with Crippen LogP contribution in [0.15, 0.2) is 36.4 Å². The highest BCUT2D eigenvalue weighted by atomic mass is 16.5. The van der Waals surface area contributed by atoms with E-state index < -0.39 is 5.97 Å². The van der Waals surface area contributed by atoms with Crippen LogP contribution in [0, 0.1) is 0 Å². The molecule has 0 aromatic heterocycles. The number of carboxylic acid groups (broad SMARTS) is 1. The molecule has 3 nitrogen and oxygen atoms in total. The molecule has 0 aliphatic carbocycles. The number of ether oxygens (including phenoxy) is 1. The zero-order chi connectivity index (χ0) is 17.2. The van der Waals surface area contributed by atoms with E-state index in [1.807, 2.05) is 24.3 Å². The van der Waals surface area contributed by atoms with Crippen LogP contribution in [-0.4, -0.2) is 17.7 Å². The summed E-state index contributed by atoms with van der Waals surface area (Å²) in [5.41, 5.74) is 0.335. The molecule has 0 saturated carbocycles. The summed E-state index contributed by atoms with van der Waals surface area (Å²) in [4.78, 5) is 11.2. The van der Waals surface area contributed by atoms with Crippen molar-refractivity contribution in [2.45, 2.75) is 58.3 Å². The second-order valence-corrected chi connectivity index (χ2v) is 6.32. The number of rotatable bonds is 11. The maximum atomic E-state index is 11.2. The Morgan fingerprint density at radius 1 is 0.958 bits per heavy atom. The number of hydrogen-bond acceptors (Lipinski definition) is 2. The van der Waals surface area contributed by atoms with Gasteiger partial charge in [-0.2, -0.15) is 0 Å². The molecule has 0 heterocycles. The average Bonchev–Trinajstić information content (AvgIpc) is 2.59. The zero-order valence-electron chi connectivity index (χ0n) is 14.6. The van der Waals surface area contributed by atoms with Gasteiger partial charge in [0.2, 0.25) is 0 Å². The number of carbonyl (C=O) groups is 1. The first kappa shape index (κ1) is 18.3. The van der Waals surface area contributed by atoms with Crippen molar-refractivity contribution in [3.63, 3.8) is 0 Å². The van der Waals surface area contributed by atoms with E-state index in [0.717, 1.165) is 29.5 Å². The number of unbranched alkanes of at least 4 members (excludes halogenated alkanes) is 7. The molecule has 0 fully saturated rings. The second kappa shape index (κ2) is 9.96. The molecule has 2 aromatic rings. The molecule has 0 aliphatic rings. The van der Waals surface area contributed by atoms with E-state index in [0.29, 0.717) is 5.56 Å². The van der Waals surface area contributed by atoms with Gasteiger partial charge in [-0.25, -0.2) is 4.79 Å². The first-order valence-corrected chi connectivity index (χ1v) is 9.11. The van der Waals surface area contributed by atoms with Gasteiger partial charge in [-0.3, -0.25) is 0 Å². The fraction of sp³-hybridized carbons (Fsp3) is 0.476. The van der Waals surface area contributed by atoms with Crippen LogP contribution in [-0.2, 0) is 0 Å². The van der Waals surface area contributed by atoms with E-state index in [2.05, 4.69) is 6.92 Å². The van der Waals surface area contributed by atoms with E-state index in [-0.39, 0.29) is 0 Å². The predicted molar refractivity (Wildman–Crippen MR) is 99.0 cm³/mol. The molecular formula is C21H28O3. The van der Waals surface area contributed by atoms with Crippen LogP contribution in [0.25, 0.3) is 10.8 Å². The lowest BCUT2D eigenvalue weighted by molar-refractivity contribution is 0.0699. The highest BCUT2D eigenvalue weighted by Gasteiger charge is 2.08. The number of aromatic carboxylic acids is 1. The summed E-state index contributed by atoms with van der Waals surface area (Å²) in [6, 6.07) is 10.9. The van der Waals surface area contributed by atoms with Gasteiger partial charge in [0.25, 0.3) is 0 Å². The summed E-state index contributed by atoms with van der Waals surface area (Å²) >= 11 is 0. The topological polar surface area (TPSA) is 46.5 Å². The van der Waals surface area contributed by atoms with Gasteiger partial charge in [-0.1, -0.05) is 64.0 Å². The Bertz CT molecular complexity index is 649. The number of fused-ring (bicyclic) bond motifs is 1. The van der Waals surface area contributed by atoms with Crippen molar-refractivity contribution < 1.29 is 14.6 Å².